The van der Waals surface area contributed by atoms with E-state index in [1.807, 2.05) is 18.2 Å². The fraction of sp³-hybridized carbons (Fsp3) is 0.571. The molecule has 0 bridgehead atoms. The van der Waals surface area contributed by atoms with E-state index in [4.69, 9.17) is 16.3 Å². The Morgan fingerprint density at radius 3 is 2.94 bits per heavy atom. The van der Waals surface area contributed by atoms with Crippen LogP contribution >= 0.6 is 11.6 Å². The molecule has 4 heteroatoms. The summed E-state index contributed by atoms with van der Waals surface area (Å²) >= 11 is 6.17. The minimum Gasteiger partial charge on any atom is -0.496 e. The predicted molar refractivity (Wildman–Crippen MR) is 73.1 cm³/mol. The number of aliphatic hydroxyl groups is 1. The Morgan fingerprint density at radius 2 is 2.28 bits per heavy atom. The van der Waals surface area contributed by atoms with Crippen LogP contribution in [0.2, 0.25) is 5.02 Å². The molecule has 1 fully saturated rings. The van der Waals surface area contributed by atoms with Crippen molar-refractivity contribution in [1.82, 2.24) is 5.32 Å². The first-order valence-electron chi connectivity index (χ1n) is 6.41. The molecule has 0 saturated heterocycles. The molecule has 0 spiro atoms. The van der Waals surface area contributed by atoms with Crippen LogP contribution < -0.4 is 10.1 Å². The molecule has 1 aliphatic carbocycles. The average molecular weight is 270 g/mol. The molecule has 100 valence electrons. The van der Waals surface area contributed by atoms with E-state index in [-0.39, 0.29) is 6.10 Å². The van der Waals surface area contributed by atoms with Crippen molar-refractivity contribution < 1.29 is 9.84 Å². The van der Waals surface area contributed by atoms with Crippen LogP contribution in [0, 0.1) is 5.92 Å². The van der Waals surface area contributed by atoms with Crippen LogP contribution in [0.4, 0.5) is 0 Å². The predicted octanol–water partition coefficient (Wildman–Crippen LogP) is 2.60. The molecule has 0 aliphatic heterocycles. The minimum atomic E-state index is -0.105. The zero-order chi connectivity index (χ0) is 13.0. The summed E-state index contributed by atoms with van der Waals surface area (Å²) in [7, 11) is 1.66. The van der Waals surface area contributed by atoms with Gasteiger partial charge in [0.1, 0.15) is 5.75 Å². The quantitative estimate of drug-likeness (QED) is 0.863. The maximum absolute atomic E-state index is 9.47. The Kier molecular flexibility index (Phi) is 4.87. The third-order valence-corrected chi connectivity index (χ3v) is 3.90. The van der Waals surface area contributed by atoms with Crippen molar-refractivity contribution in [1.29, 1.82) is 0 Å². The largest absolute Gasteiger partial charge is 0.496 e. The first-order valence-corrected chi connectivity index (χ1v) is 6.78. The van der Waals surface area contributed by atoms with Gasteiger partial charge in [0.2, 0.25) is 0 Å². The van der Waals surface area contributed by atoms with Gasteiger partial charge in [-0.3, -0.25) is 0 Å². The van der Waals surface area contributed by atoms with Crippen LogP contribution in [-0.2, 0) is 6.54 Å². The summed E-state index contributed by atoms with van der Waals surface area (Å²) in [5.41, 5.74) is 1.00. The maximum atomic E-state index is 9.47. The minimum absolute atomic E-state index is 0.105. The second-order valence-electron chi connectivity index (χ2n) is 4.88. The Labute approximate surface area is 113 Å². The summed E-state index contributed by atoms with van der Waals surface area (Å²) < 4.78 is 5.30. The highest BCUT2D eigenvalue weighted by atomic mass is 35.5. The van der Waals surface area contributed by atoms with Gasteiger partial charge in [0, 0.05) is 17.1 Å². The topological polar surface area (TPSA) is 41.5 Å². The van der Waals surface area contributed by atoms with Gasteiger partial charge in [-0.1, -0.05) is 17.7 Å². The van der Waals surface area contributed by atoms with E-state index in [9.17, 15) is 5.11 Å². The van der Waals surface area contributed by atoms with Gasteiger partial charge in [-0.25, -0.2) is 0 Å². The van der Waals surface area contributed by atoms with Gasteiger partial charge in [-0.05, 0) is 43.9 Å². The summed E-state index contributed by atoms with van der Waals surface area (Å²) in [6.07, 6.45) is 2.84. The Morgan fingerprint density at radius 1 is 1.44 bits per heavy atom. The van der Waals surface area contributed by atoms with E-state index in [0.29, 0.717) is 12.5 Å². The molecule has 0 radical (unpaired) electrons. The number of hydrogen-bond donors (Lipinski definition) is 2. The first-order chi connectivity index (χ1) is 8.70. The summed E-state index contributed by atoms with van der Waals surface area (Å²) in [5, 5.41) is 13.6. The Balaban J connectivity index is 1.86. The lowest BCUT2D eigenvalue weighted by atomic mass is 10.1. The monoisotopic (exact) mass is 269 g/mol. The van der Waals surface area contributed by atoms with Crippen LogP contribution in [-0.4, -0.2) is 24.9 Å². The van der Waals surface area contributed by atoms with E-state index in [2.05, 4.69) is 5.32 Å². The SMILES string of the molecule is COc1cccc(Cl)c1CNCC1CCC(O)C1. The summed E-state index contributed by atoms with van der Waals surface area (Å²) in [6.45, 7) is 1.63. The van der Waals surface area contributed by atoms with Crippen molar-refractivity contribution >= 4 is 11.6 Å². The van der Waals surface area contributed by atoms with Crippen LogP contribution in [0.25, 0.3) is 0 Å². The van der Waals surface area contributed by atoms with Crippen LogP contribution in [0.1, 0.15) is 24.8 Å². The molecule has 2 atom stereocenters. The molecular weight excluding hydrogens is 250 g/mol. The average Bonchev–Trinajstić information content (AvgIpc) is 2.77. The third-order valence-electron chi connectivity index (χ3n) is 3.54. The zero-order valence-corrected chi connectivity index (χ0v) is 11.4. The number of methoxy groups -OCH3 is 1. The van der Waals surface area contributed by atoms with Gasteiger partial charge in [0.25, 0.3) is 0 Å². The van der Waals surface area contributed by atoms with Crippen LogP contribution in [0.5, 0.6) is 5.75 Å². The van der Waals surface area contributed by atoms with Crippen molar-refractivity contribution in [2.24, 2.45) is 5.92 Å². The molecule has 18 heavy (non-hydrogen) atoms. The van der Waals surface area contributed by atoms with E-state index < -0.39 is 0 Å². The maximum Gasteiger partial charge on any atom is 0.124 e. The number of aliphatic hydroxyl groups excluding tert-OH is 1. The third kappa shape index (κ3) is 3.37. The molecule has 2 rings (SSSR count). The van der Waals surface area contributed by atoms with Gasteiger partial charge in [-0.2, -0.15) is 0 Å². The lowest BCUT2D eigenvalue weighted by Crippen LogP contribution is -2.21. The standard InChI is InChI=1S/C14H20ClNO2/c1-18-14-4-2-3-13(15)12(14)9-16-8-10-5-6-11(17)7-10/h2-4,10-11,16-17H,5-9H2,1H3. The Bertz CT molecular complexity index is 397. The van der Waals surface area contributed by atoms with Crippen molar-refractivity contribution in [3.05, 3.63) is 28.8 Å². The number of hydrogen-bond acceptors (Lipinski definition) is 3. The van der Waals surface area contributed by atoms with Crippen LogP contribution in [0.3, 0.4) is 0 Å². The first kappa shape index (κ1) is 13.7. The molecule has 2 N–H and O–H groups in total. The summed E-state index contributed by atoms with van der Waals surface area (Å²) in [6, 6.07) is 5.68. The molecule has 0 aromatic heterocycles. The number of nitrogens with one attached hydrogen (secondary N) is 1. The summed E-state index contributed by atoms with van der Waals surface area (Å²) in [5.74, 6) is 1.40. The number of halogens is 1. The fourth-order valence-corrected chi connectivity index (χ4v) is 2.77. The molecule has 2 unspecified atom stereocenters. The number of benzene rings is 1. The molecule has 0 heterocycles. The highest BCUT2D eigenvalue weighted by Gasteiger charge is 2.22. The van der Waals surface area contributed by atoms with E-state index >= 15 is 0 Å². The van der Waals surface area contributed by atoms with Gasteiger partial charge in [0.15, 0.2) is 0 Å². The molecule has 1 aromatic rings. The van der Waals surface area contributed by atoms with Crippen molar-refractivity contribution in [2.45, 2.75) is 31.9 Å². The molecule has 1 aliphatic rings. The highest BCUT2D eigenvalue weighted by Crippen LogP contribution is 2.27. The van der Waals surface area contributed by atoms with Gasteiger partial charge in [-0.15, -0.1) is 0 Å². The lowest BCUT2D eigenvalue weighted by Gasteiger charge is -2.14. The molecular formula is C14H20ClNO2. The van der Waals surface area contributed by atoms with E-state index in [0.717, 1.165) is 42.1 Å². The van der Waals surface area contributed by atoms with Gasteiger partial charge in [0.05, 0.1) is 13.2 Å². The molecule has 1 aromatic carbocycles. The zero-order valence-electron chi connectivity index (χ0n) is 10.7. The number of ether oxygens (including phenoxy) is 1. The summed E-state index contributed by atoms with van der Waals surface area (Å²) in [4.78, 5) is 0. The Hall–Kier alpha value is -0.770. The lowest BCUT2D eigenvalue weighted by molar-refractivity contribution is 0.177. The second-order valence-corrected chi connectivity index (χ2v) is 5.29. The van der Waals surface area contributed by atoms with Crippen molar-refractivity contribution in [3.8, 4) is 5.75 Å². The fourth-order valence-electron chi connectivity index (χ4n) is 2.54. The smallest absolute Gasteiger partial charge is 0.124 e. The molecule has 1 saturated carbocycles. The van der Waals surface area contributed by atoms with E-state index in [1.54, 1.807) is 7.11 Å². The second kappa shape index (κ2) is 6.41. The number of rotatable bonds is 5. The van der Waals surface area contributed by atoms with Crippen molar-refractivity contribution in [2.75, 3.05) is 13.7 Å². The van der Waals surface area contributed by atoms with Crippen LogP contribution in [0.15, 0.2) is 18.2 Å². The molecule has 3 nitrogen and oxygen atoms in total. The molecule has 0 amide bonds. The highest BCUT2D eigenvalue weighted by molar-refractivity contribution is 6.31. The van der Waals surface area contributed by atoms with Gasteiger partial charge >= 0.3 is 0 Å². The van der Waals surface area contributed by atoms with E-state index in [1.165, 1.54) is 0 Å². The van der Waals surface area contributed by atoms with Crippen molar-refractivity contribution in [3.63, 3.8) is 0 Å². The van der Waals surface area contributed by atoms with Gasteiger partial charge < -0.3 is 15.2 Å². The normalized spacial score (nSPS) is 23.3.